The molecule has 2 rings (SSSR count). The predicted molar refractivity (Wildman–Crippen MR) is 93.6 cm³/mol. The molecule has 24 heavy (non-hydrogen) atoms. The molecule has 1 aromatic carbocycles. The molecule has 1 fully saturated rings. The van der Waals surface area contributed by atoms with Crippen LogP contribution in [0, 0.1) is 11.6 Å². The number of hydrogen-bond acceptors (Lipinski definition) is 4. The molecule has 0 unspecified atom stereocenters. The quantitative estimate of drug-likeness (QED) is 0.757. The van der Waals surface area contributed by atoms with Gasteiger partial charge >= 0.3 is 7.12 Å². The maximum absolute atomic E-state index is 13.4. The largest absolute Gasteiger partial charge is 0.491 e. The van der Waals surface area contributed by atoms with Crippen molar-refractivity contribution in [2.45, 2.75) is 45.8 Å². The number of benzene rings is 1. The Kier molecular flexibility index (Phi) is 5.57. The molecule has 1 saturated heterocycles. The third-order valence-corrected chi connectivity index (χ3v) is 5.12. The Bertz CT molecular complexity index is 638. The van der Waals surface area contributed by atoms with Gasteiger partial charge in [0.1, 0.15) is 11.6 Å². The van der Waals surface area contributed by atoms with E-state index in [1.807, 2.05) is 27.7 Å². The Labute approximate surface area is 145 Å². The maximum Gasteiger partial charge on any atom is 0.491 e. The summed E-state index contributed by atoms with van der Waals surface area (Å²) in [4.78, 5) is 11.3. The fourth-order valence-corrected chi connectivity index (χ4v) is 2.82. The molecule has 7 heteroatoms. The highest BCUT2D eigenvalue weighted by molar-refractivity contribution is 8.13. The van der Waals surface area contributed by atoms with E-state index in [-0.39, 0.29) is 5.12 Å². The van der Waals surface area contributed by atoms with Crippen LogP contribution in [0.5, 0.6) is 0 Å². The molecule has 0 aliphatic carbocycles. The third-order valence-electron chi connectivity index (χ3n) is 4.24. The fraction of sp³-hybridized carbons (Fsp3) is 0.471. The molecule has 1 aliphatic rings. The summed E-state index contributed by atoms with van der Waals surface area (Å²) in [6.45, 7) is 9.15. The minimum Gasteiger partial charge on any atom is -0.400 e. The molecule has 0 atom stereocenters. The molecule has 1 aliphatic heterocycles. The fourth-order valence-electron chi connectivity index (χ4n) is 2.23. The van der Waals surface area contributed by atoms with Crippen molar-refractivity contribution in [3.8, 4) is 0 Å². The summed E-state index contributed by atoms with van der Waals surface area (Å²) in [5.41, 5.74) is -0.0597. The molecule has 0 radical (unpaired) electrons. The molecule has 130 valence electrons. The van der Waals surface area contributed by atoms with E-state index in [2.05, 4.69) is 0 Å². The molecule has 0 N–H and O–H groups in total. The Morgan fingerprint density at radius 2 is 1.62 bits per heavy atom. The van der Waals surface area contributed by atoms with E-state index in [0.29, 0.717) is 16.8 Å². The normalized spacial score (nSPS) is 19.6. The monoisotopic (exact) mass is 354 g/mol. The van der Waals surface area contributed by atoms with Crippen molar-refractivity contribution in [2.75, 3.05) is 5.75 Å². The van der Waals surface area contributed by atoms with E-state index < -0.39 is 30.0 Å². The molecule has 0 spiro atoms. The van der Waals surface area contributed by atoms with Gasteiger partial charge in [-0.2, -0.15) is 0 Å². The summed E-state index contributed by atoms with van der Waals surface area (Å²) < 4.78 is 38.8. The van der Waals surface area contributed by atoms with Crippen LogP contribution < -0.4 is 0 Å². The van der Waals surface area contributed by atoms with Crippen molar-refractivity contribution in [1.29, 1.82) is 0 Å². The van der Waals surface area contributed by atoms with Gasteiger partial charge in [-0.25, -0.2) is 8.78 Å². The summed E-state index contributed by atoms with van der Waals surface area (Å²) in [7, 11) is -0.673. The van der Waals surface area contributed by atoms with Crippen molar-refractivity contribution in [1.82, 2.24) is 0 Å². The lowest BCUT2D eigenvalue weighted by atomic mass is 9.78. The lowest BCUT2D eigenvalue weighted by Crippen LogP contribution is -2.41. The van der Waals surface area contributed by atoms with Crippen LogP contribution in [0.15, 0.2) is 23.7 Å². The maximum atomic E-state index is 13.4. The number of halogens is 2. The van der Waals surface area contributed by atoms with Crippen molar-refractivity contribution < 1.29 is 22.9 Å². The van der Waals surface area contributed by atoms with Gasteiger partial charge in [-0.1, -0.05) is 17.8 Å². The van der Waals surface area contributed by atoms with Crippen LogP contribution in [-0.2, 0) is 14.1 Å². The molecule has 1 aromatic rings. The molecule has 3 nitrogen and oxygen atoms in total. The minimum atomic E-state index is -0.673. The van der Waals surface area contributed by atoms with E-state index in [1.165, 1.54) is 19.1 Å². The molecular formula is C17H21BF2O3S. The van der Waals surface area contributed by atoms with Crippen LogP contribution in [0.25, 0.3) is 6.08 Å². The first kappa shape index (κ1) is 19.2. The summed E-state index contributed by atoms with van der Waals surface area (Å²) >= 11 is 1.10. The zero-order chi connectivity index (χ0) is 18.1. The summed E-state index contributed by atoms with van der Waals surface area (Å²) in [5.74, 6) is -0.993. The van der Waals surface area contributed by atoms with Gasteiger partial charge in [0, 0.05) is 18.7 Å². The molecule has 0 amide bonds. The zero-order valence-corrected chi connectivity index (χ0v) is 15.3. The molecule has 0 saturated carbocycles. The van der Waals surface area contributed by atoms with Gasteiger partial charge in [-0.3, -0.25) is 4.79 Å². The van der Waals surface area contributed by atoms with Gasteiger partial charge in [-0.15, -0.1) is 0 Å². The Morgan fingerprint density at radius 3 is 2.08 bits per heavy atom. The summed E-state index contributed by atoms with van der Waals surface area (Å²) in [6.07, 6.45) is 1.62. The molecule has 0 bridgehead atoms. The van der Waals surface area contributed by atoms with Crippen LogP contribution in [0.2, 0.25) is 0 Å². The first-order chi connectivity index (χ1) is 11.0. The lowest BCUT2D eigenvalue weighted by molar-refractivity contribution is -0.109. The highest BCUT2D eigenvalue weighted by Gasteiger charge is 2.52. The average molecular weight is 354 g/mol. The summed E-state index contributed by atoms with van der Waals surface area (Å²) in [5, 5.41) is -0.0529. The number of rotatable bonds is 4. The Balaban J connectivity index is 2.35. The molecule has 0 aromatic heterocycles. The van der Waals surface area contributed by atoms with Crippen LogP contribution in [-0.4, -0.2) is 29.2 Å². The van der Waals surface area contributed by atoms with Crippen molar-refractivity contribution in [3.63, 3.8) is 0 Å². The van der Waals surface area contributed by atoms with Crippen molar-refractivity contribution in [2.24, 2.45) is 0 Å². The van der Waals surface area contributed by atoms with Crippen molar-refractivity contribution >= 4 is 30.1 Å². The van der Waals surface area contributed by atoms with Crippen molar-refractivity contribution in [3.05, 3.63) is 40.9 Å². The predicted octanol–water partition coefficient (Wildman–Crippen LogP) is 4.26. The van der Waals surface area contributed by atoms with E-state index in [1.54, 1.807) is 6.08 Å². The lowest BCUT2D eigenvalue weighted by Gasteiger charge is -2.32. The Morgan fingerprint density at radius 1 is 1.12 bits per heavy atom. The van der Waals surface area contributed by atoms with Gasteiger partial charge in [0.25, 0.3) is 0 Å². The third kappa shape index (κ3) is 4.46. The second-order valence-electron chi connectivity index (χ2n) is 6.79. The Hall–Kier alpha value is -1.18. The van der Waals surface area contributed by atoms with E-state index >= 15 is 0 Å². The zero-order valence-electron chi connectivity index (χ0n) is 14.5. The topological polar surface area (TPSA) is 35.5 Å². The standard InChI is InChI=1S/C17H21BF2O3S/c1-11(21)24-10-13(6-12-7-14(19)9-15(20)8-12)18-22-16(2,3)17(4,5)23-18/h6-9H,10H2,1-5H3. The summed E-state index contributed by atoms with van der Waals surface area (Å²) in [6, 6.07) is 3.27. The van der Waals surface area contributed by atoms with E-state index in [4.69, 9.17) is 9.31 Å². The number of thioether (sulfide) groups is 1. The second kappa shape index (κ2) is 6.98. The molecule has 1 heterocycles. The minimum absolute atomic E-state index is 0.0529. The van der Waals surface area contributed by atoms with Crippen LogP contribution in [0.4, 0.5) is 8.78 Å². The van der Waals surface area contributed by atoms with Gasteiger partial charge in [0.15, 0.2) is 5.12 Å². The second-order valence-corrected chi connectivity index (χ2v) is 7.94. The number of hydrogen-bond donors (Lipinski definition) is 0. The van der Waals surface area contributed by atoms with Gasteiger partial charge in [0.05, 0.1) is 11.2 Å². The van der Waals surface area contributed by atoms with E-state index in [0.717, 1.165) is 17.8 Å². The highest BCUT2D eigenvalue weighted by atomic mass is 32.2. The van der Waals surface area contributed by atoms with E-state index in [9.17, 15) is 13.6 Å². The highest BCUT2D eigenvalue weighted by Crippen LogP contribution is 2.39. The smallest absolute Gasteiger partial charge is 0.400 e. The van der Waals surface area contributed by atoms with Crippen LogP contribution in [0.3, 0.4) is 0 Å². The number of carbonyl (C=O) groups is 1. The SMILES string of the molecule is CC(=O)SCC(=Cc1cc(F)cc(F)c1)B1OC(C)(C)C(C)(C)O1. The average Bonchev–Trinajstić information content (AvgIpc) is 2.62. The van der Waals surface area contributed by atoms with Gasteiger partial charge in [-0.05, 0) is 50.9 Å². The molecular weight excluding hydrogens is 333 g/mol. The van der Waals surface area contributed by atoms with Crippen LogP contribution >= 0.6 is 11.8 Å². The van der Waals surface area contributed by atoms with Gasteiger partial charge in [0.2, 0.25) is 0 Å². The first-order valence-corrected chi connectivity index (χ1v) is 8.64. The first-order valence-electron chi connectivity index (χ1n) is 7.66. The van der Waals surface area contributed by atoms with Gasteiger partial charge < -0.3 is 9.31 Å². The number of carbonyl (C=O) groups excluding carboxylic acids is 1. The van der Waals surface area contributed by atoms with Crippen LogP contribution in [0.1, 0.15) is 40.2 Å².